The van der Waals surface area contributed by atoms with E-state index >= 15 is 0 Å². The summed E-state index contributed by atoms with van der Waals surface area (Å²) in [5.41, 5.74) is -0.482. The van der Waals surface area contributed by atoms with Gasteiger partial charge in [-0.3, -0.25) is 0 Å². The van der Waals surface area contributed by atoms with Crippen molar-refractivity contribution in [3.05, 3.63) is 0 Å². The van der Waals surface area contributed by atoms with Gasteiger partial charge >= 0.3 is 6.09 Å². The van der Waals surface area contributed by atoms with Gasteiger partial charge < -0.3 is 14.7 Å². The maximum Gasteiger partial charge on any atom is 0.410 e. The monoisotopic (exact) mass is 325 g/mol. The topological polar surface area (TPSA) is 49.8 Å². The first kappa shape index (κ1) is 18.6. The molecular formula is C19H35NO3. The van der Waals surface area contributed by atoms with Crippen LogP contribution in [-0.4, -0.2) is 39.9 Å². The maximum atomic E-state index is 12.8. The number of hydrogen-bond acceptors (Lipinski definition) is 3. The minimum absolute atomic E-state index is 0.103. The Hall–Kier alpha value is -0.770. The first-order valence-corrected chi connectivity index (χ1v) is 9.29. The molecule has 1 amide bonds. The number of carbonyl (C=O) groups excluding carboxylic acids is 1. The number of aliphatic hydroxyl groups is 1. The summed E-state index contributed by atoms with van der Waals surface area (Å²) in [6.07, 6.45) is 4.57. The summed E-state index contributed by atoms with van der Waals surface area (Å²) >= 11 is 0. The quantitative estimate of drug-likeness (QED) is 0.786. The lowest BCUT2D eigenvalue weighted by atomic mass is 9.68. The average molecular weight is 325 g/mol. The Labute approximate surface area is 141 Å². The van der Waals surface area contributed by atoms with Crippen molar-refractivity contribution in [2.24, 2.45) is 17.8 Å². The van der Waals surface area contributed by atoms with Gasteiger partial charge in [0.05, 0.1) is 6.10 Å². The zero-order valence-corrected chi connectivity index (χ0v) is 15.7. The predicted octanol–water partition coefficient (Wildman–Crippen LogP) is 4.21. The number of likely N-dealkylation sites (tertiary alicyclic amines) is 1. The molecule has 1 aliphatic heterocycles. The Morgan fingerprint density at radius 3 is 2.35 bits per heavy atom. The van der Waals surface area contributed by atoms with Crippen LogP contribution >= 0.6 is 0 Å². The van der Waals surface area contributed by atoms with E-state index in [2.05, 4.69) is 20.8 Å². The Balaban J connectivity index is 2.21. The van der Waals surface area contributed by atoms with Gasteiger partial charge in [0.2, 0.25) is 0 Å². The summed E-state index contributed by atoms with van der Waals surface area (Å²) in [4.78, 5) is 14.7. The van der Waals surface area contributed by atoms with Crippen molar-refractivity contribution in [2.45, 2.75) is 97.4 Å². The normalized spacial score (nSPS) is 39.2. The van der Waals surface area contributed by atoms with Crippen LogP contribution < -0.4 is 0 Å². The molecule has 2 fully saturated rings. The van der Waals surface area contributed by atoms with Crippen molar-refractivity contribution in [3.63, 3.8) is 0 Å². The van der Waals surface area contributed by atoms with Gasteiger partial charge in [-0.15, -0.1) is 0 Å². The number of piperidine rings is 1. The standard InChI is InChI=1S/C19H35NO3/c1-12-10-13(2)17(16(21)11-12)15-9-7-8-14(3)20(15)18(22)23-19(4,5)6/h12-17,21H,7-11H2,1-6H3. The number of hydrogen-bond donors (Lipinski definition) is 1. The fourth-order valence-corrected chi connectivity index (χ4v) is 4.71. The lowest BCUT2D eigenvalue weighted by molar-refractivity contribution is -0.0635. The molecule has 4 heteroatoms. The number of nitrogens with zero attached hydrogens (tertiary/aromatic N) is 1. The van der Waals surface area contributed by atoms with Crippen molar-refractivity contribution < 1.29 is 14.6 Å². The molecule has 0 radical (unpaired) electrons. The first-order valence-electron chi connectivity index (χ1n) is 9.29. The molecule has 2 rings (SSSR count). The molecule has 1 saturated heterocycles. The Bertz CT molecular complexity index is 405. The van der Waals surface area contributed by atoms with E-state index in [1.807, 2.05) is 25.7 Å². The van der Waals surface area contributed by atoms with E-state index < -0.39 is 5.60 Å². The molecule has 4 nitrogen and oxygen atoms in total. The molecule has 6 unspecified atom stereocenters. The van der Waals surface area contributed by atoms with Crippen LogP contribution in [0.2, 0.25) is 0 Å². The van der Waals surface area contributed by atoms with Crippen LogP contribution in [0.25, 0.3) is 0 Å². The van der Waals surface area contributed by atoms with Crippen LogP contribution in [0.15, 0.2) is 0 Å². The average Bonchev–Trinajstić information content (AvgIpc) is 2.35. The van der Waals surface area contributed by atoms with E-state index in [0.717, 1.165) is 32.1 Å². The Morgan fingerprint density at radius 1 is 1.13 bits per heavy atom. The highest BCUT2D eigenvalue weighted by Gasteiger charge is 2.45. The van der Waals surface area contributed by atoms with Crippen molar-refractivity contribution in [2.75, 3.05) is 0 Å². The first-order chi connectivity index (χ1) is 10.6. The zero-order chi connectivity index (χ0) is 17.4. The van der Waals surface area contributed by atoms with Crippen LogP contribution in [0.1, 0.15) is 73.6 Å². The third-order valence-electron chi connectivity index (χ3n) is 5.52. The van der Waals surface area contributed by atoms with Gasteiger partial charge in [-0.25, -0.2) is 4.79 Å². The van der Waals surface area contributed by atoms with Crippen LogP contribution in [-0.2, 0) is 4.74 Å². The molecule has 6 atom stereocenters. The van der Waals surface area contributed by atoms with Crippen molar-refractivity contribution in [3.8, 4) is 0 Å². The SMILES string of the molecule is CC1CC(C)C(C2CCCC(C)N2C(=O)OC(C)(C)C)C(O)C1. The van der Waals surface area contributed by atoms with Gasteiger partial charge in [0, 0.05) is 18.0 Å². The lowest BCUT2D eigenvalue weighted by Crippen LogP contribution is -2.57. The van der Waals surface area contributed by atoms with Crippen LogP contribution in [0.3, 0.4) is 0 Å². The highest BCUT2D eigenvalue weighted by Crippen LogP contribution is 2.41. The summed E-state index contributed by atoms with van der Waals surface area (Å²) in [5.74, 6) is 1.17. The Kier molecular flexibility index (Phi) is 5.65. The smallest absolute Gasteiger partial charge is 0.410 e. The summed E-state index contributed by atoms with van der Waals surface area (Å²) < 4.78 is 5.67. The number of aliphatic hydroxyl groups excluding tert-OH is 1. The van der Waals surface area contributed by atoms with E-state index in [-0.39, 0.29) is 30.2 Å². The molecule has 1 heterocycles. The van der Waals surface area contributed by atoms with Crippen molar-refractivity contribution in [1.82, 2.24) is 4.90 Å². The van der Waals surface area contributed by atoms with E-state index in [1.165, 1.54) is 0 Å². The summed E-state index contributed by atoms with van der Waals surface area (Å²) in [6.45, 7) is 12.3. The number of amides is 1. The zero-order valence-electron chi connectivity index (χ0n) is 15.7. The van der Waals surface area contributed by atoms with Gasteiger partial charge in [0.25, 0.3) is 0 Å². The molecule has 0 bridgehead atoms. The summed E-state index contributed by atoms with van der Waals surface area (Å²) in [6, 6.07) is 0.286. The molecule has 1 N–H and O–H groups in total. The molecular weight excluding hydrogens is 290 g/mol. The second-order valence-electron chi connectivity index (χ2n) is 8.93. The third-order valence-corrected chi connectivity index (χ3v) is 5.52. The molecule has 0 spiro atoms. The van der Waals surface area contributed by atoms with Crippen LogP contribution in [0.5, 0.6) is 0 Å². The van der Waals surface area contributed by atoms with E-state index in [4.69, 9.17) is 4.74 Å². The minimum Gasteiger partial charge on any atom is -0.444 e. The van der Waals surface area contributed by atoms with Gasteiger partial charge in [-0.1, -0.05) is 13.8 Å². The predicted molar refractivity (Wildman–Crippen MR) is 92.2 cm³/mol. The van der Waals surface area contributed by atoms with Crippen molar-refractivity contribution in [1.29, 1.82) is 0 Å². The number of carbonyl (C=O) groups is 1. The van der Waals surface area contributed by atoms with Gasteiger partial charge in [0.1, 0.15) is 5.60 Å². The van der Waals surface area contributed by atoms with Gasteiger partial charge in [-0.2, -0.15) is 0 Å². The van der Waals surface area contributed by atoms with Crippen LogP contribution in [0, 0.1) is 17.8 Å². The number of ether oxygens (including phenoxy) is 1. The van der Waals surface area contributed by atoms with E-state index in [9.17, 15) is 9.90 Å². The molecule has 2 aliphatic rings. The molecule has 1 saturated carbocycles. The highest BCUT2D eigenvalue weighted by atomic mass is 16.6. The van der Waals surface area contributed by atoms with E-state index in [0.29, 0.717) is 11.8 Å². The highest BCUT2D eigenvalue weighted by molar-refractivity contribution is 5.69. The van der Waals surface area contributed by atoms with Gasteiger partial charge in [0.15, 0.2) is 0 Å². The third kappa shape index (κ3) is 4.40. The Morgan fingerprint density at radius 2 is 1.78 bits per heavy atom. The van der Waals surface area contributed by atoms with Gasteiger partial charge in [-0.05, 0) is 71.6 Å². The molecule has 0 aromatic carbocycles. The van der Waals surface area contributed by atoms with Crippen LogP contribution in [0.4, 0.5) is 4.79 Å². The summed E-state index contributed by atoms with van der Waals surface area (Å²) in [5, 5.41) is 10.7. The fraction of sp³-hybridized carbons (Fsp3) is 0.947. The molecule has 134 valence electrons. The fourth-order valence-electron chi connectivity index (χ4n) is 4.71. The number of rotatable bonds is 1. The molecule has 0 aromatic rings. The molecule has 1 aliphatic carbocycles. The van der Waals surface area contributed by atoms with E-state index in [1.54, 1.807) is 0 Å². The molecule has 23 heavy (non-hydrogen) atoms. The second-order valence-corrected chi connectivity index (χ2v) is 8.93. The second kappa shape index (κ2) is 7.00. The summed E-state index contributed by atoms with van der Waals surface area (Å²) in [7, 11) is 0. The minimum atomic E-state index is -0.482. The maximum absolute atomic E-state index is 12.8. The molecule has 0 aromatic heterocycles. The largest absolute Gasteiger partial charge is 0.444 e. The van der Waals surface area contributed by atoms with Crippen molar-refractivity contribution >= 4 is 6.09 Å². The lowest BCUT2D eigenvalue weighted by Gasteiger charge is -2.49.